The van der Waals surface area contributed by atoms with Crippen LogP contribution in [0, 0.1) is 0 Å². The molecule has 0 unspecified atom stereocenters. The summed E-state index contributed by atoms with van der Waals surface area (Å²) in [5, 5.41) is -3.22. The van der Waals surface area contributed by atoms with Gasteiger partial charge in [0, 0.05) is 6.92 Å². The Bertz CT molecular complexity index is 228. The molecule has 0 spiro atoms. The van der Waals surface area contributed by atoms with E-state index in [-0.39, 0.29) is 5.97 Å². The maximum absolute atomic E-state index is 10.3. The summed E-state index contributed by atoms with van der Waals surface area (Å²) in [6, 6.07) is 0. The van der Waals surface area contributed by atoms with Crippen molar-refractivity contribution in [1.29, 1.82) is 0 Å². The highest BCUT2D eigenvalue weighted by Crippen LogP contribution is 2.61. The SMILES string of the molecule is CC(=O)OCC[N+](C)(C)C.O=P(Cl)(Cl)Cl. The topological polar surface area (TPSA) is 43.4 Å². The van der Waals surface area contributed by atoms with E-state index in [1.807, 2.05) is 0 Å². The number of quaternary nitrogens is 1. The van der Waals surface area contributed by atoms with E-state index < -0.39 is 5.20 Å². The molecule has 0 amide bonds. The van der Waals surface area contributed by atoms with Crippen molar-refractivity contribution in [3.05, 3.63) is 0 Å². The van der Waals surface area contributed by atoms with Crippen LogP contribution in [0.25, 0.3) is 0 Å². The van der Waals surface area contributed by atoms with Gasteiger partial charge in [0.15, 0.2) is 0 Å². The van der Waals surface area contributed by atoms with Gasteiger partial charge in [0.25, 0.3) is 0 Å². The summed E-state index contributed by atoms with van der Waals surface area (Å²) >= 11 is 13.8. The highest BCUT2D eigenvalue weighted by Gasteiger charge is 2.06. The molecular weight excluding hydrogens is 283 g/mol. The molecule has 0 aliphatic carbocycles. The molecule has 0 aromatic rings. The average molecular weight is 300 g/mol. The molecule has 0 aliphatic rings. The van der Waals surface area contributed by atoms with Gasteiger partial charge in [-0.2, -0.15) is 0 Å². The molecule has 0 N–H and O–H groups in total. The van der Waals surface area contributed by atoms with Crippen LogP contribution in [-0.4, -0.2) is 44.7 Å². The Labute approximate surface area is 105 Å². The van der Waals surface area contributed by atoms with Crippen LogP contribution in [0.4, 0.5) is 0 Å². The molecule has 0 fully saturated rings. The predicted octanol–water partition coefficient (Wildman–Crippen LogP) is 3.07. The molecule has 0 aliphatic heterocycles. The predicted molar refractivity (Wildman–Crippen MR) is 64.7 cm³/mol. The molecule has 92 valence electrons. The first-order valence-corrected chi connectivity index (χ1v) is 8.47. The standard InChI is InChI=1S/C7H16NO2.Cl3OP/c1-7(9)10-6-5-8(2,3)4;1-5(2,3)4/h5-6H2,1-4H3;/q+1;. The minimum absolute atomic E-state index is 0.201. The van der Waals surface area contributed by atoms with Gasteiger partial charge in [-0.25, -0.2) is 0 Å². The number of halogens is 3. The largest absolute Gasteiger partial charge is 0.460 e. The van der Waals surface area contributed by atoms with Crippen LogP contribution in [0.1, 0.15) is 6.92 Å². The summed E-state index contributed by atoms with van der Waals surface area (Å²) in [5.74, 6) is -0.201. The molecule has 0 saturated carbocycles. The van der Waals surface area contributed by atoms with E-state index in [9.17, 15) is 9.36 Å². The molecule has 0 atom stereocenters. The molecule has 0 heterocycles. The van der Waals surface area contributed by atoms with Gasteiger partial charge in [0.05, 0.1) is 21.1 Å². The number of carbonyl (C=O) groups is 1. The van der Waals surface area contributed by atoms with Gasteiger partial charge in [-0.1, -0.05) is 0 Å². The summed E-state index contributed by atoms with van der Waals surface area (Å²) in [7, 11) is 6.18. The Morgan fingerprint density at radius 2 is 1.60 bits per heavy atom. The number of nitrogens with zero attached hydrogens (tertiary/aromatic N) is 1. The van der Waals surface area contributed by atoms with Crippen LogP contribution in [0.5, 0.6) is 0 Å². The lowest BCUT2D eigenvalue weighted by Gasteiger charge is -2.23. The maximum atomic E-state index is 10.3. The first-order valence-electron chi connectivity index (χ1n) is 4.04. The number of esters is 1. The van der Waals surface area contributed by atoms with Crippen LogP contribution < -0.4 is 0 Å². The fourth-order valence-corrected chi connectivity index (χ4v) is 0.463. The van der Waals surface area contributed by atoms with E-state index in [1.165, 1.54) is 6.92 Å². The first kappa shape index (κ1) is 17.9. The molecule has 4 nitrogen and oxygen atoms in total. The zero-order valence-electron chi connectivity index (χ0n) is 9.17. The number of likely N-dealkylation sites (N-methyl/N-ethyl adjacent to an activating group) is 1. The van der Waals surface area contributed by atoms with Gasteiger partial charge in [0.2, 0.25) is 0 Å². The third kappa shape index (κ3) is 40.2. The Balaban J connectivity index is 0. The van der Waals surface area contributed by atoms with Gasteiger partial charge in [0.1, 0.15) is 13.2 Å². The fourth-order valence-electron chi connectivity index (χ4n) is 0.463. The summed E-state index contributed by atoms with van der Waals surface area (Å²) in [6.45, 7) is 2.80. The number of ether oxygens (including phenoxy) is 1. The van der Waals surface area contributed by atoms with E-state index in [4.69, 9.17) is 4.74 Å². The number of hydrogen-bond donors (Lipinski definition) is 0. The zero-order valence-corrected chi connectivity index (χ0v) is 12.3. The normalized spacial score (nSPS) is 11.4. The van der Waals surface area contributed by atoms with Crippen molar-refractivity contribution in [2.24, 2.45) is 0 Å². The minimum Gasteiger partial charge on any atom is -0.460 e. The fraction of sp³-hybridized carbons (Fsp3) is 0.857. The first-order chi connectivity index (χ1) is 6.42. The van der Waals surface area contributed by atoms with Crippen molar-refractivity contribution in [1.82, 2.24) is 0 Å². The molecule has 0 aromatic heterocycles. The van der Waals surface area contributed by atoms with Gasteiger partial charge in [-0.3, -0.25) is 9.36 Å². The zero-order chi connectivity index (χ0) is 12.7. The Kier molecular flexibility index (Phi) is 9.25. The van der Waals surface area contributed by atoms with Crippen molar-refractivity contribution in [2.45, 2.75) is 6.92 Å². The van der Waals surface area contributed by atoms with Crippen LogP contribution in [-0.2, 0) is 14.1 Å². The van der Waals surface area contributed by atoms with Crippen molar-refractivity contribution in [3.8, 4) is 0 Å². The Hall–Kier alpha value is 0.530. The van der Waals surface area contributed by atoms with E-state index >= 15 is 0 Å². The lowest BCUT2D eigenvalue weighted by atomic mass is 10.5. The molecule has 0 bridgehead atoms. The van der Waals surface area contributed by atoms with Gasteiger partial charge >= 0.3 is 11.2 Å². The van der Waals surface area contributed by atoms with E-state index in [0.29, 0.717) is 6.61 Å². The smallest absolute Gasteiger partial charge is 0.339 e. The number of carbonyl (C=O) groups excluding carboxylic acids is 1. The molecule has 0 rings (SSSR count). The van der Waals surface area contributed by atoms with E-state index in [1.54, 1.807) is 0 Å². The highest BCUT2D eigenvalue weighted by atomic mass is 36.0. The Morgan fingerprint density at radius 1 is 1.27 bits per heavy atom. The lowest BCUT2D eigenvalue weighted by Crippen LogP contribution is -2.37. The third-order valence-corrected chi connectivity index (χ3v) is 1.07. The van der Waals surface area contributed by atoms with Crippen LogP contribution in [0.2, 0.25) is 0 Å². The highest BCUT2D eigenvalue weighted by molar-refractivity contribution is 8.24. The van der Waals surface area contributed by atoms with Crippen molar-refractivity contribution in [2.75, 3.05) is 34.3 Å². The molecule has 8 heteroatoms. The van der Waals surface area contributed by atoms with Crippen molar-refractivity contribution >= 4 is 44.9 Å². The van der Waals surface area contributed by atoms with E-state index in [2.05, 4.69) is 54.9 Å². The molecular formula is C7H16Cl3NO3P+. The van der Waals surface area contributed by atoms with E-state index in [0.717, 1.165) is 11.0 Å². The second kappa shape index (κ2) is 7.75. The quantitative estimate of drug-likeness (QED) is 0.457. The van der Waals surface area contributed by atoms with Gasteiger partial charge < -0.3 is 9.22 Å². The Morgan fingerprint density at radius 3 is 1.80 bits per heavy atom. The second-order valence-electron chi connectivity index (χ2n) is 3.75. The monoisotopic (exact) mass is 298 g/mol. The maximum Gasteiger partial charge on any atom is 0.339 e. The third-order valence-electron chi connectivity index (χ3n) is 1.07. The summed E-state index contributed by atoms with van der Waals surface area (Å²) in [6.07, 6.45) is 0. The lowest BCUT2D eigenvalue weighted by molar-refractivity contribution is -0.870. The molecule has 0 aromatic carbocycles. The van der Waals surface area contributed by atoms with Crippen LogP contribution >= 0.6 is 38.9 Å². The van der Waals surface area contributed by atoms with Crippen LogP contribution in [0.15, 0.2) is 0 Å². The number of hydrogen-bond acceptors (Lipinski definition) is 3. The average Bonchev–Trinajstić information content (AvgIpc) is 1.77. The second-order valence-corrected chi connectivity index (χ2v) is 10.4. The van der Waals surface area contributed by atoms with Crippen molar-refractivity contribution < 1.29 is 18.6 Å². The van der Waals surface area contributed by atoms with Gasteiger partial charge in [-0.15, -0.1) is 0 Å². The number of rotatable bonds is 3. The molecule has 15 heavy (non-hydrogen) atoms. The molecule has 0 radical (unpaired) electrons. The van der Waals surface area contributed by atoms with Gasteiger partial charge in [-0.05, 0) is 33.7 Å². The van der Waals surface area contributed by atoms with Crippen molar-refractivity contribution in [3.63, 3.8) is 0 Å². The minimum atomic E-state index is -3.22. The molecule has 0 saturated heterocycles. The summed E-state index contributed by atoms with van der Waals surface area (Å²) in [4.78, 5) is 10.3. The summed E-state index contributed by atoms with van der Waals surface area (Å²) < 4.78 is 15.1. The summed E-state index contributed by atoms with van der Waals surface area (Å²) in [5.41, 5.74) is 0. The van der Waals surface area contributed by atoms with Crippen LogP contribution in [0.3, 0.4) is 0 Å².